The minimum absolute atomic E-state index is 0.297. The van der Waals surface area contributed by atoms with Crippen molar-refractivity contribution in [3.05, 3.63) is 0 Å². The summed E-state index contributed by atoms with van der Waals surface area (Å²) in [6.07, 6.45) is 0. The second-order valence-corrected chi connectivity index (χ2v) is 2.20. The van der Waals surface area contributed by atoms with E-state index in [1.54, 1.807) is 6.92 Å². The molecule has 0 radical (unpaired) electrons. The van der Waals surface area contributed by atoms with Crippen LogP contribution in [0.1, 0.15) is 13.8 Å². The van der Waals surface area contributed by atoms with Crippen LogP contribution in [0.4, 0.5) is 0 Å². The smallest absolute Gasteiger partial charge is 0.231 e. The van der Waals surface area contributed by atoms with E-state index in [4.69, 9.17) is 5.73 Å². The summed E-state index contributed by atoms with van der Waals surface area (Å²) >= 11 is 0. The molecule has 0 aromatic rings. The number of hydrogen-bond acceptors (Lipinski definition) is 2. The zero-order valence-corrected chi connectivity index (χ0v) is 7.05. The van der Waals surface area contributed by atoms with Gasteiger partial charge >= 0.3 is 0 Å². The predicted molar refractivity (Wildman–Crippen MR) is 44.8 cm³/mol. The van der Waals surface area contributed by atoms with Crippen LogP contribution in [0.5, 0.6) is 0 Å². The quantitative estimate of drug-likeness (QED) is 0.571. The highest BCUT2D eigenvalue weighted by molar-refractivity contribution is 5.75. The third-order valence-electron chi connectivity index (χ3n) is 1.31. The first kappa shape index (κ1) is 9.99. The van der Waals surface area contributed by atoms with Crippen LogP contribution in [0.25, 0.3) is 0 Å². The summed E-state index contributed by atoms with van der Waals surface area (Å²) in [5.41, 5.74) is 5.01. The Morgan fingerprint density at radius 3 is 2.64 bits per heavy atom. The Hall–Kier alpha value is -1.01. The number of carbonyl (C=O) groups excluding carboxylic acids is 1. The molecule has 1 amide bonds. The summed E-state index contributed by atoms with van der Waals surface area (Å²) in [5, 5.41) is 0. The van der Waals surface area contributed by atoms with Gasteiger partial charge in [-0.2, -0.15) is 0 Å². The van der Waals surface area contributed by atoms with Gasteiger partial charge in [-0.15, -0.1) is 5.92 Å². The van der Waals surface area contributed by atoms with E-state index in [0.717, 1.165) is 6.54 Å². The van der Waals surface area contributed by atoms with Crippen LogP contribution in [0.3, 0.4) is 0 Å². The Balaban J connectivity index is 3.72. The zero-order chi connectivity index (χ0) is 8.69. The molecule has 0 aliphatic carbocycles. The van der Waals surface area contributed by atoms with Crippen molar-refractivity contribution in [1.82, 2.24) is 4.90 Å². The summed E-state index contributed by atoms with van der Waals surface area (Å²) in [6.45, 7) is 5.47. The molecule has 11 heavy (non-hydrogen) atoms. The summed E-state index contributed by atoms with van der Waals surface area (Å²) < 4.78 is 0. The van der Waals surface area contributed by atoms with Crippen molar-refractivity contribution in [2.45, 2.75) is 13.8 Å². The van der Waals surface area contributed by atoms with Crippen LogP contribution in [0.2, 0.25) is 0 Å². The molecule has 3 nitrogen and oxygen atoms in total. The first-order valence-electron chi connectivity index (χ1n) is 3.61. The monoisotopic (exact) mass is 154 g/mol. The van der Waals surface area contributed by atoms with E-state index < -0.39 is 0 Å². The third kappa shape index (κ3) is 5.43. The van der Waals surface area contributed by atoms with Crippen molar-refractivity contribution in [3.8, 4) is 11.8 Å². The van der Waals surface area contributed by atoms with Crippen molar-refractivity contribution in [2.24, 2.45) is 5.73 Å². The van der Waals surface area contributed by atoms with Gasteiger partial charge in [-0.3, -0.25) is 9.69 Å². The lowest BCUT2D eigenvalue weighted by atomic mass is 10.4. The minimum Gasteiger partial charge on any atom is -0.369 e. The van der Waals surface area contributed by atoms with Crippen LogP contribution < -0.4 is 5.73 Å². The van der Waals surface area contributed by atoms with Crippen molar-refractivity contribution < 1.29 is 4.79 Å². The number of rotatable bonds is 4. The Bertz CT molecular complexity index is 178. The van der Waals surface area contributed by atoms with Crippen LogP contribution in [0, 0.1) is 11.8 Å². The molecule has 0 saturated carbocycles. The molecule has 0 rings (SSSR count). The standard InChI is InChI=1S/C8H14N2O/c1-3-5-6-10(4-2)7-8(9)11/h4,6-7H2,1-2H3,(H2,9,11). The Kier molecular flexibility index (Phi) is 5.22. The zero-order valence-electron chi connectivity index (χ0n) is 7.05. The highest BCUT2D eigenvalue weighted by Crippen LogP contribution is 1.83. The van der Waals surface area contributed by atoms with Crippen molar-refractivity contribution in [3.63, 3.8) is 0 Å². The van der Waals surface area contributed by atoms with Crippen LogP contribution in [0.15, 0.2) is 0 Å². The lowest BCUT2D eigenvalue weighted by molar-refractivity contribution is -0.118. The van der Waals surface area contributed by atoms with Gasteiger partial charge in [0.25, 0.3) is 0 Å². The molecule has 62 valence electrons. The molecule has 0 heterocycles. The van der Waals surface area contributed by atoms with Crippen molar-refractivity contribution >= 4 is 5.91 Å². The molecular weight excluding hydrogens is 140 g/mol. The lowest BCUT2D eigenvalue weighted by Gasteiger charge is -2.13. The van der Waals surface area contributed by atoms with E-state index in [0.29, 0.717) is 13.1 Å². The second-order valence-electron chi connectivity index (χ2n) is 2.20. The maximum atomic E-state index is 10.5. The van der Waals surface area contributed by atoms with Gasteiger partial charge < -0.3 is 5.73 Å². The summed E-state index contributed by atoms with van der Waals surface area (Å²) in [5.74, 6) is 5.33. The summed E-state index contributed by atoms with van der Waals surface area (Å²) in [6, 6.07) is 0. The number of nitrogens with zero attached hydrogens (tertiary/aromatic N) is 1. The maximum absolute atomic E-state index is 10.5. The normalized spacial score (nSPS) is 9.00. The first-order valence-corrected chi connectivity index (χ1v) is 3.61. The molecule has 0 unspecified atom stereocenters. The molecule has 0 aromatic carbocycles. The van der Waals surface area contributed by atoms with E-state index in [9.17, 15) is 4.79 Å². The molecule has 0 spiro atoms. The van der Waals surface area contributed by atoms with Gasteiger partial charge in [0.15, 0.2) is 0 Å². The maximum Gasteiger partial charge on any atom is 0.231 e. The van der Waals surface area contributed by atoms with Gasteiger partial charge in [-0.1, -0.05) is 12.8 Å². The number of amides is 1. The Morgan fingerprint density at radius 1 is 1.64 bits per heavy atom. The molecule has 0 bridgehead atoms. The number of carbonyl (C=O) groups is 1. The average molecular weight is 154 g/mol. The van der Waals surface area contributed by atoms with Gasteiger partial charge in [-0.25, -0.2) is 0 Å². The number of hydrogen-bond donors (Lipinski definition) is 1. The summed E-state index contributed by atoms with van der Waals surface area (Å²) in [7, 11) is 0. The topological polar surface area (TPSA) is 46.3 Å². The lowest BCUT2D eigenvalue weighted by Crippen LogP contribution is -2.33. The van der Waals surface area contributed by atoms with Crippen LogP contribution in [-0.2, 0) is 4.79 Å². The van der Waals surface area contributed by atoms with Gasteiger partial charge in [0.05, 0.1) is 13.1 Å². The fraction of sp³-hybridized carbons (Fsp3) is 0.625. The molecule has 2 N–H and O–H groups in total. The fourth-order valence-corrected chi connectivity index (χ4v) is 0.691. The third-order valence-corrected chi connectivity index (χ3v) is 1.31. The second kappa shape index (κ2) is 5.75. The molecule has 3 heteroatoms. The van der Waals surface area contributed by atoms with Gasteiger partial charge in [-0.05, 0) is 13.5 Å². The minimum atomic E-state index is -0.301. The predicted octanol–water partition coefficient (Wildman–Crippen LogP) is -0.183. The molecular formula is C8H14N2O. The van der Waals surface area contributed by atoms with E-state index in [1.807, 2.05) is 11.8 Å². The summed E-state index contributed by atoms with van der Waals surface area (Å²) in [4.78, 5) is 12.4. The van der Waals surface area contributed by atoms with E-state index >= 15 is 0 Å². The number of nitrogens with two attached hydrogens (primary N) is 1. The number of primary amides is 1. The van der Waals surface area contributed by atoms with E-state index in [1.165, 1.54) is 0 Å². The molecule has 0 aliphatic heterocycles. The van der Waals surface area contributed by atoms with E-state index in [-0.39, 0.29) is 5.91 Å². The Labute approximate surface area is 67.6 Å². The van der Waals surface area contributed by atoms with Crippen molar-refractivity contribution in [1.29, 1.82) is 0 Å². The Morgan fingerprint density at radius 2 is 2.27 bits per heavy atom. The largest absolute Gasteiger partial charge is 0.369 e. The molecule has 0 aromatic heterocycles. The SMILES string of the molecule is CC#CCN(CC)CC(N)=O. The van der Waals surface area contributed by atoms with Crippen LogP contribution >= 0.6 is 0 Å². The molecule has 0 atom stereocenters. The first-order chi connectivity index (χ1) is 5.20. The van der Waals surface area contributed by atoms with Crippen molar-refractivity contribution in [2.75, 3.05) is 19.6 Å². The highest BCUT2D eigenvalue weighted by atomic mass is 16.1. The van der Waals surface area contributed by atoms with E-state index in [2.05, 4.69) is 11.8 Å². The molecule has 0 aliphatic rings. The number of likely N-dealkylation sites (N-methyl/N-ethyl adjacent to an activating group) is 1. The van der Waals surface area contributed by atoms with Crippen LogP contribution in [-0.4, -0.2) is 30.4 Å². The van der Waals surface area contributed by atoms with Gasteiger partial charge in [0, 0.05) is 0 Å². The molecule has 0 fully saturated rings. The van der Waals surface area contributed by atoms with Gasteiger partial charge in [0.1, 0.15) is 0 Å². The molecule has 0 saturated heterocycles. The van der Waals surface area contributed by atoms with Gasteiger partial charge in [0.2, 0.25) is 5.91 Å². The highest BCUT2D eigenvalue weighted by Gasteiger charge is 2.02. The fourth-order valence-electron chi connectivity index (χ4n) is 0.691. The average Bonchev–Trinajstić information content (AvgIpc) is 1.97.